The molecule has 4 rings (SSSR count). The molecule has 2 heterocycles. The molecule has 0 fully saturated rings. The minimum absolute atomic E-state index is 0.174. The van der Waals surface area contributed by atoms with Gasteiger partial charge in [-0.1, -0.05) is 12.1 Å². The average Bonchev–Trinajstić information content (AvgIpc) is 3.16. The van der Waals surface area contributed by atoms with Gasteiger partial charge in [-0.05, 0) is 61.5 Å². The van der Waals surface area contributed by atoms with Gasteiger partial charge in [-0.15, -0.1) is 0 Å². The van der Waals surface area contributed by atoms with Crippen LogP contribution in [-0.2, 0) is 0 Å². The first-order chi connectivity index (χ1) is 13.7. The van der Waals surface area contributed by atoms with Crippen LogP contribution in [0.25, 0.3) is 5.69 Å². The van der Waals surface area contributed by atoms with Crippen LogP contribution in [0.4, 0.5) is 17.1 Å². The van der Waals surface area contributed by atoms with E-state index in [9.17, 15) is 4.79 Å². The molecule has 0 saturated carbocycles. The number of nitrogens with one attached hydrogen (secondary N) is 2. The van der Waals surface area contributed by atoms with Gasteiger partial charge in [0.05, 0.1) is 11.4 Å². The number of anilines is 3. The number of aryl methyl sites for hydroxylation is 1. The Hall–Kier alpha value is -3.93. The van der Waals surface area contributed by atoms with E-state index < -0.39 is 0 Å². The van der Waals surface area contributed by atoms with Gasteiger partial charge >= 0.3 is 0 Å². The molecule has 1 amide bonds. The Morgan fingerprint density at radius 2 is 1.68 bits per heavy atom. The van der Waals surface area contributed by atoms with Crippen LogP contribution in [0.5, 0.6) is 0 Å². The lowest BCUT2D eigenvalue weighted by atomic mass is 10.1. The summed E-state index contributed by atoms with van der Waals surface area (Å²) in [6.07, 6.45) is 5.32. The third kappa shape index (κ3) is 4.07. The number of benzene rings is 2. The molecule has 4 aromatic rings. The van der Waals surface area contributed by atoms with Crippen LogP contribution in [0.1, 0.15) is 16.1 Å². The first kappa shape index (κ1) is 17.5. The van der Waals surface area contributed by atoms with Crippen molar-refractivity contribution in [3.63, 3.8) is 0 Å². The monoisotopic (exact) mass is 369 g/mol. The summed E-state index contributed by atoms with van der Waals surface area (Å²) < 4.78 is 1.78. The number of pyridine rings is 1. The standard InChI is InChI=1S/C22H19N5O/c1-16-10-13-27(26-16)21-7-3-6-20(15-21)25-22(28)17-4-2-5-19(14-17)24-18-8-11-23-12-9-18/h2-15H,1H3,(H,23,24)(H,25,28). The zero-order valence-corrected chi connectivity index (χ0v) is 15.3. The highest BCUT2D eigenvalue weighted by molar-refractivity contribution is 6.05. The second-order valence-corrected chi connectivity index (χ2v) is 6.35. The Morgan fingerprint density at radius 1 is 0.893 bits per heavy atom. The maximum absolute atomic E-state index is 12.7. The van der Waals surface area contributed by atoms with Gasteiger partial charge < -0.3 is 10.6 Å². The van der Waals surface area contributed by atoms with E-state index in [0.29, 0.717) is 11.3 Å². The summed E-state index contributed by atoms with van der Waals surface area (Å²) in [5, 5.41) is 10.6. The topological polar surface area (TPSA) is 71.8 Å². The highest BCUT2D eigenvalue weighted by Gasteiger charge is 2.08. The molecule has 2 aromatic heterocycles. The smallest absolute Gasteiger partial charge is 0.255 e. The lowest BCUT2D eigenvalue weighted by Crippen LogP contribution is -2.12. The summed E-state index contributed by atoms with van der Waals surface area (Å²) in [6, 6.07) is 20.6. The highest BCUT2D eigenvalue weighted by Crippen LogP contribution is 2.19. The first-order valence-corrected chi connectivity index (χ1v) is 8.88. The molecule has 0 unspecified atom stereocenters. The van der Waals surface area contributed by atoms with Gasteiger partial charge in [0.2, 0.25) is 0 Å². The van der Waals surface area contributed by atoms with Crippen molar-refractivity contribution in [3.8, 4) is 5.69 Å². The molecular weight excluding hydrogens is 350 g/mol. The average molecular weight is 369 g/mol. The fourth-order valence-electron chi connectivity index (χ4n) is 2.83. The molecule has 0 bridgehead atoms. The zero-order chi connectivity index (χ0) is 19.3. The minimum atomic E-state index is -0.174. The van der Waals surface area contributed by atoms with Crippen LogP contribution in [0.15, 0.2) is 85.3 Å². The van der Waals surface area contributed by atoms with Gasteiger partial charge in [0, 0.05) is 41.2 Å². The van der Waals surface area contributed by atoms with E-state index >= 15 is 0 Å². The second kappa shape index (κ2) is 7.75. The van der Waals surface area contributed by atoms with Crippen LogP contribution in [0.3, 0.4) is 0 Å². The molecule has 28 heavy (non-hydrogen) atoms. The first-order valence-electron chi connectivity index (χ1n) is 8.88. The molecule has 0 aliphatic carbocycles. The molecule has 0 saturated heterocycles. The summed E-state index contributed by atoms with van der Waals surface area (Å²) in [7, 11) is 0. The van der Waals surface area contributed by atoms with Gasteiger partial charge in [0.1, 0.15) is 0 Å². The molecule has 138 valence electrons. The largest absolute Gasteiger partial charge is 0.355 e. The fraction of sp³-hybridized carbons (Fsp3) is 0.0455. The molecule has 0 aliphatic rings. The van der Waals surface area contributed by atoms with E-state index in [-0.39, 0.29) is 5.91 Å². The van der Waals surface area contributed by atoms with Crippen LogP contribution >= 0.6 is 0 Å². The van der Waals surface area contributed by atoms with E-state index in [1.165, 1.54) is 0 Å². The third-order valence-electron chi connectivity index (χ3n) is 4.18. The number of hydrogen-bond acceptors (Lipinski definition) is 4. The Kier molecular flexibility index (Phi) is 4.84. The van der Waals surface area contributed by atoms with Crippen molar-refractivity contribution in [2.45, 2.75) is 6.92 Å². The molecule has 0 atom stereocenters. The Bertz CT molecular complexity index is 1100. The number of amides is 1. The lowest BCUT2D eigenvalue weighted by Gasteiger charge is -2.10. The van der Waals surface area contributed by atoms with Crippen molar-refractivity contribution < 1.29 is 4.79 Å². The maximum atomic E-state index is 12.7. The zero-order valence-electron chi connectivity index (χ0n) is 15.3. The molecule has 2 aromatic carbocycles. The number of carbonyl (C=O) groups is 1. The Labute approximate surface area is 162 Å². The number of aromatic nitrogens is 3. The van der Waals surface area contributed by atoms with Gasteiger partial charge in [0.25, 0.3) is 5.91 Å². The van der Waals surface area contributed by atoms with E-state index in [4.69, 9.17) is 0 Å². The van der Waals surface area contributed by atoms with Crippen LogP contribution in [0, 0.1) is 6.92 Å². The summed E-state index contributed by atoms with van der Waals surface area (Å²) >= 11 is 0. The third-order valence-corrected chi connectivity index (χ3v) is 4.18. The number of hydrogen-bond donors (Lipinski definition) is 2. The van der Waals surface area contributed by atoms with E-state index in [1.54, 1.807) is 23.1 Å². The van der Waals surface area contributed by atoms with Gasteiger partial charge in [0.15, 0.2) is 0 Å². The summed E-state index contributed by atoms with van der Waals surface area (Å²) in [5.74, 6) is -0.174. The maximum Gasteiger partial charge on any atom is 0.255 e. The second-order valence-electron chi connectivity index (χ2n) is 6.35. The fourth-order valence-corrected chi connectivity index (χ4v) is 2.83. The molecule has 0 spiro atoms. The van der Waals surface area contributed by atoms with E-state index in [2.05, 4.69) is 20.7 Å². The number of nitrogens with zero attached hydrogens (tertiary/aromatic N) is 3. The van der Waals surface area contributed by atoms with Gasteiger partial charge in [-0.3, -0.25) is 9.78 Å². The van der Waals surface area contributed by atoms with Crippen molar-refractivity contribution in [1.82, 2.24) is 14.8 Å². The normalized spacial score (nSPS) is 10.5. The molecule has 6 heteroatoms. The van der Waals surface area contributed by atoms with E-state index in [1.807, 2.05) is 73.8 Å². The van der Waals surface area contributed by atoms with Crippen molar-refractivity contribution in [2.24, 2.45) is 0 Å². The molecule has 2 N–H and O–H groups in total. The van der Waals surface area contributed by atoms with Crippen molar-refractivity contribution in [3.05, 3.63) is 96.6 Å². The van der Waals surface area contributed by atoms with Crippen molar-refractivity contribution >= 4 is 23.0 Å². The minimum Gasteiger partial charge on any atom is -0.355 e. The molecule has 0 aliphatic heterocycles. The highest BCUT2D eigenvalue weighted by atomic mass is 16.1. The van der Waals surface area contributed by atoms with Crippen LogP contribution in [-0.4, -0.2) is 20.7 Å². The predicted octanol–water partition coefficient (Wildman–Crippen LogP) is 4.57. The van der Waals surface area contributed by atoms with Crippen molar-refractivity contribution in [2.75, 3.05) is 10.6 Å². The van der Waals surface area contributed by atoms with Gasteiger partial charge in [-0.25, -0.2) is 4.68 Å². The predicted molar refractivity (Wildman–Crippen MR) is 110 cm³/mol. The number of carbonyl (C=O) groups excluding carboxylic acids is 1. The Balaban J connectivity index is 1.50. The molecule has 6 nitrogen and oxygen atoms in total. The number of rotatable bonds is 5. The van der Waals surface area contributed by atoms with E-state index in [0.717, 1.165) is 22.8 Å². The quantitative estimate of drug-likeness (QED) is 0.540. The lowest BCUT2D eigenvalue weighted by molar-refractivity contribution is 0.102. The van der Waals surface area contributed by atoms with Crippen LogP contribution < -0.4 is 10.6 Å². The SMILES string of the molecule is Cc1ccn(-c2cccc(NC(=O)c3cccc(Nc4ccncc4)c3)c2)n1. The van der Waals surface area contributed by atoms with Crippen molar-refractivity contribution in [1.29, 1.82) is 0 Å². The molecule has 0 radical (unpaired) electrons. The summed E-state index contributed by atoms with van der Waals surface area (Å²) in [4.78, 5) is 16.7. The van der Waals surface area contributed by atoms with Crippen LogP contribution in [0.2, 0.25) is 0 Å². The van der Waals surface area contributed by atoms with Gasteiger partial charge in [-0.2, -0.15) is 5.10 Å². The summed E-state index contributed by atoms with van der Waals surface area (Å²) in [5.41, 5.74) is 4.85. The summed E-state index contributed by atoms with van der Waals surface area (Å²) in [6.45, 7) is 1.94. The molecular formula is C22H19N5O. The Morgan fingerprint density at radius 3 is 2.46 bits per heavy atom.